The molecule has 0 saturated carbocycles. The first kappa shape index (κ1) is 11.7. The molecule has 1 aromatic carbocycles. The van der Waals surface area contributed by atoms with Crippen LogP contribution in [0, 0.1) is 0 Å². The van der Waals surface area contributed by atoms with Gasteiger partial charge in [0.05, 0.1) is 0 Å². The van der Waals surface area contributed by atoms with Crippen molar-refractivity contribution < 1.29 is 0 Å². The van der Waals surface area contributed by atoms with Crippen molar-refractivity contribution in [3.8, 4) is 0 Å². The fraction of sp³-hybridized carbons (Fsp3) is 0.500. The number of nitrogens with two attached hydrogens (primary N) is 1. The Hall–Kier alpha value is -0.340. The molecular weight excluding hydrogens is 238 g/mol. The largest absolute Gasteiger partial charge is 0.327 e. The molecule has 1 rings (SSSR count). The first-order valence-corrected chi connectivity index (χ1v) is 6.01. The summed E-state index contributed by atoms with van der Waals surface area (Å²) < 4.78 is 1.14. The van der Waals surface area contributed by atoms with Gasteiger partial charge in [-0.15, -0.1) is 0 Å². The van der Waals surface area contributed by atoms with Crippen LogP contribution >= 0.6 is 15.9 Å². The molecule has 0 amide bonds. The maximum Gasteiger partial charge on any atom is 0.0178 e. The molecule has 0 bridgehead atoms. The molecule has 0 radical (unpaired) electrons. The first-order chi connectivity index (χ1) is 6.72. The van der Waals surface area contributed by atoms with Gasteiger partial charge in [0.25, 0.3) is 0 Å². The second-order valence-corrected chi connectivity index (χ2v) is 4.65. The number of hydrogen-bond donors (Lipinski definition) is 1. The third-order valence-corrected chi connectivity index (χ3v) is 2.81. The molecule has 1 nitrogen and oxygen atoms in total. The van der Waals surface area contributed by atoms with Crippen LogP contribution in [0.4, 0.5) is 0 Å². The quantitative estimate of drug-likeness (QED) is 0.857. The molecule has 78 valence electrons. The van der Waals surface area contributed by atoms with Gasteiger partial charge in [0, 0.05) is 10.5 Å². The van der Waals surface area contributed by atoms with Crippen LogP contribution in [-0.2, 0) is 6.42 Å². The molecule has 0 spiro atoms. The lowest BCUT2D eigenvalue weighted by atomic mass is 10.0. The Kier molecular flexibility index (Phi) is 5.20. The van der Waals surface area contributed by atoms with E-state index >= 15 is 0 Å². The maximum atomic E-state index is 6.03. The highest BCUT2D eigenvalue weighted by atomic mass is 79.9. The van der Waals surface area contributed by atoms with E-state index in [1.165, 1.54) is 18.4 Å². The fourth-order valence-electron chi connectivity index (χ4n) is 1.54. The highest BCUT2D eigenvalue weighted by molar-refractivity contribution is 9.10. The van der Waals surface area contributed by atoms with Crippen LogP contribution in [-0.4, -0.2) is 6.04 Å². The topological polar surface area (TPSA) is 26.0 Å². The third-order valence-electron chi connectivity index (χ3n) is 2.32. The van der Waals surface area contributed by atoms with E-state index in [0.717, 1.165) is 17.3 Å². The molecule has 1 unspecified atom stereocenters. The van der Waals surface area contributed by atoms with Crippen LogP contribution in [0.2, 0.25) is 0 Å². The van der Waals surface area contributed by atoms with Gasteiger partial charge in [0.1, 0.15) is 0 Å². The number of hydrogen-bond acceptors (Lipinski definition) is 1. The number of halogens is 1. The Bertz CT molecular complexity index is 273. The summed E-state index contributed by atoms with van der Waals surface area (Å²) in [6.07, 6.45) is 4.57. The minimum Gasteiger partial charge on any atom is -0.327 e. The van der Waals surface area contributed by atoms with E-state index in [1.807, 2.05) is 6.07 Å². The van der Waals surface area contributed by atoms with E-state index in [-0.39, 0.29) is 0 Å². The molecule has 0 aromatic heterocycles. The van der Waals surface area contributed by atoms with Crippen molar-refractivity contribution in [3.63, 3.8) is 0 Å². The third kappa shape index (κ3) is 4.25. The lowest BCUT2D eigenvalue weighted by molar-refractivity contribution is 0.574. The minimum atomic E-state index is 0.309. The van der Waals surface area contributed by atoms with Gasteiger partial charge in [0.15, 0.2) is 0 Å². The normalized spacial score (nSPS) is 12.8. The monoisotopic (exact) mass is 255 g/mol. The van der Waals surface area contributed by atoms with Gasteiger partial charge < -0.3 is 5.73 Å². The molecule has 0 aliphatic rings. The van der Waals surface area contributed by atoms with Crippen molar-refractivity contribution in [2.45, 2.75) is 38.6 Å². The van der Waals surface area contributed by atoms with E-state index in [9.17, 15) is 0 Å². The Balaban J connectivity index is 2.43. The fourth-order valence-corrected chi connectivity index (χ4v) is 1.98. The second-order valence-electron chi connectivity index (χ2n) is 3.74. The Labute approximate surface area is 94.8 Å². The van der Waals surface area contributed by atoms with Crippen molar-refractivity contribution in [3.05, 3.63) is 34.3 Å². The van der Waals surface area contributed by atoms with Crippen LogP contribution in [0.5, 0.6) is 0 Å². The van der Waals surface area contributed by atoms with Crippen LogP contribution in [0.1, 0.15) is 31.7 Å². The van der Waals surface area contributed by atoms with Crippen LogP contribution in [0.3, 0.4) is 0 Å². The van der Waals surface area contributed by atoms with Gasteiger partial charge >= 0.3 is 0 Å². The Morgan fingerprint density at radius 1 is 1.43 bits per heavy atom. The van der Waals surface area contributed by atoms with Gasteiger partial charge in [-0.2, -0.15) is 0 Å². The maximum absolute atomic E-state index is 6.03. The van der Waals surface area contributed by atoms with Gasteiger partial charge in [-0.3, -0.25) is 0 Å². The summed E-state index contributed by atoms with van der Waals surface area (Å²) in [5, 5.41) is 0. The van der Waals surface area contributed by atoms with Crippen LogP contribution in [0.15, 0.2) is 28.7 Å². The van der Waals surface area contributed by atoms with Crippen molar-refractivity contribution in [2.75, 3.05) is 0 Å². The van der Waals surface area contributed by atoms with Gasteiger partial charge in [0.2, 0.25) is 0 Å². The zero-order chi connectivity index (χ0) is 10.4. The van der Waals surface area contributed by atoms with Crippen molar-refractivity contribution in [1.29, 1.82) is 0 Å². The molecule has 0 heterocycles. The van der Waals surface area contributed by atoms with Gasteiger partial charge in [-0.1, -0.05) is 47.8 Å². The summed E-state index contributed by atoms with van der Waals surface area (Å²) in [6, 6.07) is 8.69. The summed E-state index contributed by atoms with van der Waals surface area (Å²) in [6.45, 7) is 2.20. The lowest BCUT2D eigenvalue weighted by Crippen LogP contribution is -2.22. The van der Waals surface area contributed by atoms with E-state index in [0.29, 0.717) is 6.04 Å². The number of rotatable bonds is 5. The summed E-state index contributed by atoms with van der Waals surface area (Å²) in [5.74, 6) is 0. The predicted molar refractivity (Wildman–Crippen MR) is 65.3 cm³/mol. The van der Waals surface area contributed by atoms with Crippen molar-refractivity contribution in [2.24, 2.45) is 5.73 Å². The average molecular weight is 256 g/mol. The zero-order valence-electron chi connectivity index (χ0n) is 8.67. The number of benzene rings is 1. The minimum absolute atomic E-state index is 0.309. The van der Waals surface area contributed by atoms with E-state index in [1.54, 1.807) is 0 Å². The molecular formula is C12H18BrN. The molecule has 0 fully saturated rings. The zero-order valence-corrected chi connectivity index (χ0v) is 10.3. The Morgan fingerprint density at radius 2 is 2.21 bits per heavy atom. The summed E-state index contributed by atoms with van der Waals surface area (Å²) >= 11 is 3.46. The molecule has 1 atom stereocenters. The Morgan fingerprint density at radius 3 is 2.86 bits per heavy atom. The SMILES string of the molecule is CCCCC(N)Cc1cccc(Br)c1. The molecule has 1 aromatic rings. The first-order valence-electron chi connectivity index (χ1n) is 5.22. The summed E-state index contributed by atoms with van der Waals surface area (Å²) in [4.78, 5) is 0. The highest BCUT2D eigenvalue weighted by Crippen LogP contribution is 2.14. The number of unbranched alkanes of at least 4 members (excludes halogenated alkanes) is 1. The van der Waals surface area contributed by atoms with Gasteiger partial charge in [-0.05, 0) is 30.5 Å². The molecule has 0 saturated heterocycles. The second kappa shape index (κ2) is 6.20. The van der Waals surface area contributed by atoms with E-state index < -0.39 is 0 Å². The van der Waals surface area contributed by atoms with Crippen LogP contribution in [0.25, 0.3) is 0 Å². The highest BCUT2D eigenvalue weighted by Gasteiger charge is 2.03. The van der Waals surface area contributed by atoms with Crippen molar-refractivity contribution >= 4 is 15.9 Å². The summed E-state index contributed by atoms with van der Waals surface area (Å²) in [7, 11) is 0. The lowest BCUT2D eigenvalue weighted by Gasteiger charge is -2.10. The molecule has 2 heteroatoms. The summed E-state index contributed by atoms with van der Waals surface area (Å²) in [5.41, 5.74) is 7.35. The van der Waals surface area contributed by atoms with Crippen LogP contribution < -0.4 is 5.73 Å². The smallest absolute Gasteiger partial charge is 0.0178 e. The van der Waals surface area contributed by atoms with Crippen molar-refractivity contribution in [1.82, 2.24) is 0 Å². The molecule has 14 heavy (non-hydrogen) atoms. The van der Waals surface area contributed by atoms with Gasteiger partial charge in [-0.25, -0.2) is 0 Å². The molecule has 0 aliphatic heterocycles. The predicted octanol–water partition coefficient (Wildman–Crippen LogP) is 3.51. The van der Waals surface area contributed by atoms with E-state index in [4.69, 9.17) is 5.73 Å². The molecule has 2 N–H and O–H groups in total. The average Bonchev–Trinajstić information content (AvgIpc) is 2.15. The molecule has 0 aliphatic carbocycles. The van der Waals surface area contributed by atoms with E-state index in [2.05, 4.69) is 41.1 Å². The standard InChI is InChI=1S/C12H18BrN/c1-2-3-7-12(14)9-10-5-4-6-11(13)8-10/h4-6,8,12H,2-3,7,9,14H2,1H3.